The van der Waals surface area contributed by atoms with Gasteiger partial charge in [0, 0.05) is 0 Å². The zero-order chi connectivity index (χ0) is 46.5. The molecule has 64 heavy (non-hydrogen) atoms. The summed E-state index contributed by atoms with van der Waals surface area (Å²) in [6.07, 6.45) is 0. The third kappa shape index (κ3) is 14.5. The summed E-state index contributed by atoms with van der Waals surface area (Å²) in [7, 11) is 0. The van der Waals surface area contributed by atoms with Gasteiger partial charge in [0.15, 0.2) is 16.8 Å². The van der Waals surface area contributed by atoms with E-state index in [0.29, 0.717) is 11.1 Å². The van der Waals surface area contributed by atoms with Gasteiger partial charge >= 0.3 is 29.8 Å². The fourth-order valence-corrected chi connectivity index (χ4v) is 6.17. The highest BCUT2D eigenvalue weighted by Crippen LogP contribution is 2.24. The van der Waals surface area contributed by atoms with E-state index in [1.807, 2.05) is 34.6 Å². The van der Waals surface area contributed by atoms with E-state index in [1.54, 1.807) is 142 Å². The van der Waals surface area contributed by atoms with E-state index < -0.39 is 46.6 Å². The topological polar surface area (TPSA) is 150 Å². The second-order valence-electron chi connectivity index (χ2n) is 17.0. The Morgan fingerprint density at radius 1 is 0.312 bits per heavy atom. The van der Waals surface area contributed by atoms with Crippen molar-refractivity contribution in [1.82, 2.24) is 0 Å². The van der Waals surface area contributed by atoms with E-state index in [1.165, 1.54) is 0 Å². The lowest BCUT2D eigenvalue weighted by Gasteiger charge is -2.34. The third-order valence-corrected chi connectivity index (χ3v) is 10.1. The molecule has 0 aliphatic carbocycles. The Labute approximate surface area is 374 Å². The van der Waals surface area contributed by atoms with Gasteiger partial charge in [-0.2, -0.15) is 0 Å². The van der Waals surface area contributed by atoms with Gasteiger partial charge in [-0.1, -0.05) is 88.5 Å². The van der Waals surface area contributed by atoms with Crippen molar-refractivity contribution >= 4 is 29.8 Å². The van der Waals surface area contributed by atoms with Crippen molar-refractivity contribution < 1.29 is 57.1 Å². The average molecular weight is 873 g/mol. The van der Waals surface area contributed by atoms with E-state index in [4.69, 9.17) is 33.2 Å². The molecule has 0 saturated carbocycles. The van der Waals surface area contributed by atoms with Crippen molar-refractivity contribution in [3.05, 3.63) is 177 Å². The number of benzene rings is 5. The zero-order valence-corrected chi connectivity index (χ0v) is 37.7. The number of hydrogen-bond acceptors (Lipinski definition) is 12. The quantitative estimate of drug-likeness (QED) is 0.0542. The van der Waals surface area contributed by atoms with Crippen molar-refractivity contribution in [2.24, 2.45) is 0 Å². The van der Waals surface area contributed by atoms with Gasteiger partial charge in [0.2, 0.25) is 0 Å². The van der Waals surface area contributed by atoms with Crippen molar-refractivity contribution in [2.45, 2.75) is 72.2 Å². The molecule has 5 aromatic rings. The summed E-state index contributed by atoms with van der Waals surface area (Å²) in [4.78, 5) is 66.7. The van der Waals surface area contributed by atoms with Crippen LogP contribution in [0.4, 0.5) is 0 Å². The molecule has 0 radical (unpaired) electrons. The number of carbonyl (C=O) groups is 5. The Kier molecular flexibility index (Phi) is 16.4. The standard InChI is InChI=1S/C52H56O12/c1-35-9-19-40(20-10-35)45(53)60-33-51(7,63-48(56)43-25-15-38(4)16-26-43)31-58-29-50(6,62-47(55)42-23-13-37(3)14-24-42)30-59-32-52(8,64-49(57)44-27-17-39(5)18-28-44)34-61-46(54)41-21-11-36(2)12-22-41/h9-28H,29-34H2,1-8H3. The first-order valence-electron chi connectivity index (χ1n) is 20.9. The summed E-state index contributed by atoms with van der Waals surface area (Å²) in [6.45, 7) is 12.3. The van der Waals surface area contributed by atoms with Gasteiger partial charge in [0.25, 0.3) is 0 Å². The second kappa shape index (κ2) is 21.6. The number of carbonyl (C=O) groups excluding carboxylic acids is 5. The summed E-state index contributed by atoms with van der Waals surface area (Å²) >= 11 is 0. The van der Waals surface area contributed by atoms with Crippen LogP contribution >= 0.6 is 0 Å². The molecule has 0 aliphatic rings. The van der Waals surface area contributed by atoms with Crippen molar-refractivity contribution in [3.63, 3.8) is 0 Å². The molecule has 0 aliphatic heterocycles. The molecule has 0 aromatic heterocycles. The molecule has 0 amide bonds. The molecule has 2 unspecified atom stereocenters. The Morgan fingerprint density at radius 2 is 0.500 bits per heavy atom. The van der Waals surface area contributed by atoms with Crippen LogP contribution in [-0.4, -0.2) is 86.3 Å². The number of rotatable bonds is 20. The van der Waals surface area contributed by atoms with Crippen LogP contribution in [0.25, 0.3) is 0 Å². The van der Waals surface area contributed by atoms with E-state index in [-0.39, 0.29) is 56.3 Å². The molecule has 0 heterocycles. The number of esters is 5. The molecule has 5 aromatic carbocycles. The molecule has 0 bridgehead atoms. The zero-order valence-electron chi connectivity index (χ0n) is 37.7. The maximum Gasteiger partial charge on any atom is 0.338 e. The van der Waals surface area contributed by atoms with Gasteiger partial charge in [-0.15, -0.1) is 0 Å². The fraction of sp³-hybridized carbons (Fsp3) is 0.327. The first-order chi connectivity index (χ1) is 30.3. The Hall–Kier alpha value is -6.63. The van der Waals surface area contributed by atoms with Crippen LogP contribution in [0.15, 0.2) is 121 Å². The summed E-state index contributed by atoms with van der Waals surface area (Å²) in [5, 5.41) is 0. The van der Waals surface area contributed by atoms with E-state index >= 15 is 0 Å². The van der Waals surface area contributed by atoms with Crippen LogP contribution in [0.5, 0.6) is 0 Å². The SMILES string of the molecule is Cc1ccc(C(=O)OCC(C)(COCC(C)(COCC(C)(COC(=O)c2ccc(C)cc2)OC(=O)c2ccc(C)cc2)OC(=O)c2ccc(C)cc2)OC(=O)c2ccc(C)cc2)cc1. The van der Waals surface area contributed by atoms with Crippen molar-refractivity contribution in [1.29, 1.82) is 0 Å². The summed E-state index contributed by atoms with van der Waals surface area (Å²) < 4.78 is 41.7. The lowest BCUT2D eigenvalue weighted by Crippen LogP contribution is -2.48. The van der Waals surface area contributed by atoms with Crippen LogP contribution in [0.2, 0.25) is 0 Å². The Balaban J connectivity index is 1.35. The molecular formula is C52H56O12. The molecule has 12 nitrogen and oxygen atoms in total. The van der Waals surface area contributed by atoms with E-state index in [9.17, 15) is 24.0 Å². The number of hydrogen-bond donors (Lipinski definition) is 0. The fourth-order valence-electron chi connectivity index (χ4n) is 6.17. The highest BCUT2D eigenvalue weighted by Gasteiger charge is 2.38. The van der Waals surface area contributed by atoms with Crippen LogP contribution in [0.3, 0.4) is 0 Å². The minimum atomic E-state index is -1.52. The Bertz CT molecular complexity index is 2230. The smallest absolute Gasteiger partial charge is 0.338 e. The van der Waals surface area contributed by atoms with Crippen LogP contribution in [-0.2, 0) is 33.2 Å². The third-order valence-electron chi connectivity index (χ3n) is 10.1. The van der Waals surface area contributed by atoms with Gasteiger partial charge in [-0.3, -0.25) is 0 Å². The normalized spacial score (nSPS) is 13.9. The summed E-state index contributed by atoms with van der Waals surface area (Å²) in [5.74, 6) is -3.26. The van der Waals surface area contributed by atoms with Gasteiger partial charge in [-0.25, -0.2) is 24.0 Å². The van der Waals surface area contributed by atoms with Gasteiger partial charge in [-0.05, 0) is 116 Å². The minimum Gasteiger partial charge on any atom is -0.458 e. The highest BCUT2D eigenvalue weighted by atomic mass is 16.6. The first-order valence-corrected chi connectivity index (χ1v) is 20.9. The second-order valence-corrected chi connectivity index (χ2v) is 17.0. The monoisotopic (exact) mass is 872 g/mol. The molecule has 12 heteroatoms. The average Bonchev–Trinajstić information content (AvgIpc) is 3.26. The van der Waals surface area contributed by atoms with Crippen molar-refractivity contribution in [3.8, 4) is 0 Å². The molecule has 0 spiro atoms. The van der Waals surface area contributed by atoms with E-state index in [0.717, 1.165) is 27.8 Å². The lowest BCUT2D eigenvalue weighted by molar-refractivity contribution is -0.143. The highest BCUT2D eigenvalue weighted by molar-refractivity contribution is 5.92. The van der Waals surface area contributed by atoms with Gasteiger partial charge in [0.05, 0.1) is 54.2 Å². The predicted octanol–water partition coefficient (Wildman–Crippen LogP) is 9.12. The maximum absolute atomic E-state index is 13.6. The predicted molar refractivity (Wildman–Crippen MR) is 240 cm³/mol. The first kappa shape index (κ1) is 48.4. The molecule has 0 N–H and O–H groups in total. The molecular weight excluding hydrogens is 817 g/mol. The maximum atomic E-state index is 13.6. The molecule has 5 rings (SSSR count). The molecule has 0 saturated heterocycles. The summed E-state index contributed by atoms with van der Waals surface area (Å²) in [5.41, 5.74) is 1.68. The van der Waals surface area contributed by atoms with Gasteiger partial charge < -0.3 is 33.2 Å². The molecule has 2 atom stereocenters. The van der Waals surface area contributed by atoms with Crippen molar-refractivity contribution in [2.75, 3.05) is 39.6 Å². The van der Waals surface area contributed by atoms with Crippen LogP contribution < -0.4 is 0 Å². The van der Waals surface area contributed by atoms with Crippen LogP contribution in [0, 0.1) is 34.6 Å². The number of aryl methyl sites for hydroxylation is 5. The minimum absolute atomic E-state index is 0.275. The van der Waals surface area contributed by atoms with Gasteiger partial charge in [0.1, 0.15) is 13.2 Å². The van der Waals surface area contributed by atoms with Crippen LogP contribution in [0.1, 0.15) is 100 Å². The summed E-state index contributed by atoms with van der Waals surface area (Å²) in [6, 6.07) is 34.1. The lowest BCUT2D eigenvalue weighted by atomic mass is 10.1. The largest absolute Gasteiger partial charge is 0.458 e. The Morgan fingerprint density at radius 3 is 0.719 bits per heavy atom. The molecule has 336 valence electrons. The number of ether oxygens (including phenoxy) is 7. The molecule has 0 fully saturated rings. The van der Waals surface area contributed by atoms with E-state index in [2.05, 4.69) is 0 Å².